The fraction of sp³-hybridized carbons (Fsp3) is 0.381. The molecule has 29 heavy (non-hydrogen) atoms. The molecular weight excluding hydrogens is 371 g/mol. The molecule has 2 aliphatic rings. The van der Waals surface area contributed by atoms with Crippen LogP contribution in [0.25, 0.3) is 0 Å². The maximum absolute atomic E-state index is 14.3. The van der Waals surface area contributed by atoms with Crippen molar-refractivity contribution in [2.24, 2.45) is 0 Å². The van der Waals surface area contributed by atoms with Crippen molar-refractivity contribution in [3.05, 3.63) is 54.0 Å². The number of fused-ring (bicyclic) bond motifs is 1. The van der Waals surface area contributed by atoms with Gasteiger partial charge in [-0.2, -0.15) is 4.98 Å². The lowest BCUT2D eigenvalue weighted by molar-refractivity contribution is -0.127. The highest BCUT2D eigenvalue weighted by molar-refractivity contribution is 5.87. The number of likely N-dealkylation sites (tertiary alicyclic amines) is 1. The van der Waals surface area contributed by atoms with Crippen molar-refractivity contribution >= 4 is 23.4 Å². The van der Waals surface area contributed by atoms with Gasteiger partial charge in [0.15, 0.2) is 11.6 Å². The van der Waals surface area contributed by atoms with E-state index in [1.807, 2.05) is 18.2 Å². The summed E-state index contributed by atoms with van der Waals surface area (Å²) in [5.41, 5.74) is 2.57. The third kappa shape index (κ3) is 4.37. The number of nitrogens with one attached hydrogen (secondary N) is 2. The fourth-order valence-corrected chi connectivity index (χ4v) is 3.75. The number of piperidine rings is 1. The molecule has 4 rings (SSSR count). The fourth-order valence-electron chi connectivity index (χ4n) is 3.75. The number of amides is 1. The topological polar surface area (TPSA) is 73.4 Å². The third-order valence-electron chi connectivity index (χ3n) is 5.18. The smallest absolute Gasteiger partial charge is 0.246 e. The average Bonchev–Trinajstić information content (AvgIpc) is 3.20. The lowest BCUT2D eigenvalue weighted by Gasteiger charge is -2.32. The number of hydrogen-bond acceptors (Lipinski definition) is 6. The first kappa shape index (κ1) is 15.9. The number of rotatable bonds is 5. The van der Waals surface area contributed by atoms with Gasteiger partial charge in [-0.3, -0.25) is 9.69 Å². The molecule has 0 unspecified atom stereocenters. The number of hydrogen-bond donors (Lipinski definition) is 2. The Labute approximate surface area is 173 Å². The molecular formula is C21H25FN6O. The second kappa shape index (κ2) is 8.16. The summed E-state index contributed by atoms with van der Waals surface area (Å²) in [4.78, 5) is 23.3. The predicted molar refractivity (Wildman–Crippen MR) is 110 cm³/mol. The summed E-state index contributed by atoms with van der Waals surface area (Å²) in [7, 11) is 0. The van der Waals surface area contributed by atoms with Crippen molar-refractivity contribution in [2.45, 2.75) is 32.0 Å². The monoisotopic (exact) mass is 399 g/mol. The molecule has 0 aliphatic carbocycles. The molecule has 2 aromatic rings. The normalized spacial score (nSPS) is 20.9. The Morgan fingerprint density at radius 3 is 3.10 bits per heavy atom. The maximum atomic E-state index is 14.3. The Hall–Kier alpha value is -3.00. The standard InChI is InChI=1S/C21H25FN6O/c1-3-19(29)28-8-4-5-17(13-28)24-20-18(22)10-23-21(26-20)25-16-7-6-14-11-27(2)12-15(14)9-16/h3,6-7,9-10,17H,1,4-5,8,11-13H2,2H3,(H2,23,24,25,26)/t17-/m1/s1/i2D3. The van der Waals surface area contributed by atoms with Crippen LogP contribution < -0.4 is 10.6 Å². The molecule has 0 bridgehead atoms. The first-order valence-corrected chi connectivity index (χ1v) is 9.57. The van der Waals surface area contributed by atoms with Crippen molar-refractivity contribution in [2.75, 3.05) is 30.7 Å². The lowest BCUT2D eigenvalue weighted by Crippen LogP contribution is -2.44. The molecule has 1 fully saturated rings. The minimum atomic E-state index is -2.14. The van der Waals surface area contributed by atoms with E-state index in [2.05, 4.69) is 27.2 Å². The number of carbonyl (C=O) groups excluding carboxylic acids is 1. The number of halogens is 1. The zero-order valence-corrected chi connectivity index (χ0v) is 16.0. The Kier molecular flexibility index (Phi) is 4.47. The molecule has 1 saturated heterocycles. The summed E-state index contributed by atoms with van der Waals surface area (Å²) in [5, 5.41) is 6.15. The van der Waals surface area contributed by atoms with Crippen LogP contribution in [0.3, 0.4) is 0 Å². The Bertz CT molecular complexity index is 1030. The molecule has 2 N–H and O–H groups in total. The van der Waals surface area contributed by atoms with Gasteiger partial charge in [0.1, 0.15) is 0 Å². The number of benzene rings is 1. The first-order valence-electron chi connectivity index (χ1n) is 11.1. The molecule has 0 radical (unpaired) electrons. The van der Waals surface area contributed by atoms with Gasteiger partial charge in [-0.15, -0.1) is 0 Å². The minimum absolute atomic E-state index is 0.0649. The van der Waals surface area contributed by atoms with E-state index in [0.717, 1.165) is 30.2 Å². The Morgan fingerprint density at radius 2 is 2.28 bits per heavy atom. The van der Waals surface area contributed by atoms with Gasteiger partial charge < -0.3 is 15.5 Å². The molecule has 152 valence electrons. The van der Waals surface area contributed by atoms with Gasteiger partial charge in [-0.1, -0.05) is 12.6 Å². The zero-order valence-electron chi connectivity index (χ0n) is 19.0. The summed E-state index contributed by atoms with van der Waals surface area (Å²) in [5.74, 6) is -0.440. The number of anilines is 3. The Morgan fingerprint density at radius 1 is 1.41 bits per heavy atom. The second-order valence-electron chi connectivity index (χ2n) is 7.33. The van der Waals surface area contributed by atoms with Crippen molar-refractivity contribution in [1.82, 2.24) is 19.8 Å². The quantitative estimate of drug-likeness (QED) is 0.754. The van der Waals surface area contributed by atoms with Crippen LogP contribution in [0.1, 0.15) is 28.1 Å². The van der Waals surface area contributed by atoms with Gasteiger partial charge in [0.2, 0.25) is 11.9 Å². The highest BCUT2D eigenvalue weighted by Gasteiger charge is 2.23. The van der Waals surface area contributed by atoms with Crippen LogP contribution in [0.15, 0.2) is 37.1 Å². The summed E-state index contributed by atoms with van der Waals surface area (Å²) in [6.45, 7) is 3.18. The molecule has 7 nitrogen and oxygen atoms in total. The van der Waals surface area contributed by atoms with Gasteiger partial charge in [0.05, 0.1) is 6.20 Å². The molecule has 1 amide bonds. The number of nitrogens with zero attached hydrogens (tertiary/aromatic N) is 4. The van der Waals surface area contributed by atoms with E-state index in [1.165, 1.54) is 11.0 Å². The van der Waals surface area contributed by atoms with Crippen LogP contribution in [0.4, 0.5) is 21.8 Å². The van der Waals surface area contributed by atoms with E-state index in [9.17, 15) is 9.18 Å². The maximum Gasteiger partial charge on any atom is 0.246 e. The molecule has 1 aromatic carbocycles. The predicted octanol–water partition coefficient (Wildman–Crippen LogP) is 2.89. The van der Waals surface area contributed by atoms with E-state index < -0.39 is 12.8 Å². The Balaban J connectivity index is 1.45. The van der Waals surface area contributed by atoms with Crippen LogP contribution >= 0.6 is 0 Å². The first-order chi connectivity index (χ1) is 15.2. The van der Waals surface area contributed by atoms with E-state index in [-0.39, 0.29) is 23.7 Å². The van der Waals surface area contributed by atoms with Crippen molar-refractivity contribution in [3.8, 4) is 0 Å². The van der Waals surface area contributed by atoms with E-state index in [0.29, 0.717) is 31.9 Å². The average molecular weight is 399 g/mol. The molecule has 0 saturated carbocycles. The molecule has 8 heteroatoms. The van der Waals surface area contributed by atoms with E-state index in [1.54, 1.807) is 4.90 Å². The number of aromatic nitrogens is 2. The largest absolute Gasteiger partial charge is 0.363 e. The highest BCUT2D eigenvalue weighted by atomic mass is 19.1. The van der Waals surface area contributed by atoms with Gasteiger partial charge >= 0.3 is 0 Å². The van der Waals surface area contributed by atoms with Crippen molar-refractivity contribution in [1.29, 1.82) is 0 Å². The molecule has 2 aliphatic heterocycles. The summed E-state index contributed by atoms with van der Waals surface area (Å²) in [6.07, 6.45) is 3.97. The van der Waals surface area contributed by atoms with Gasteiger partial charge in [-0.25, -0.2) is 9.37 Å². The van der Waals surface area contributed by atoms with Crippen molar-refractivity contribution < 1.29 is 13.3 Å². The van der Waals surface area contributed by atoms with Crippen LogP contribution in [0.2, 0.25) is 0 Å². The SMILES string of the molecule is [2H]C([2H])([2H])N1Cc2ccc(Nc3ncc(F)c(N[C@@H]4CCCN(C(=O)C=C)C4)n3)cc2C1. The van der Waals surface area contributed by atoms with E-state index in [4.69, 9.17) is 4.11 Å². The number of carbonyl (C=O) groups is 1. The minimum Gasteiger partial charge on any atom is -0.363 e. The highest BCUT2D eigenvalue weighted by Crippen LogP contribution is 2.26. The lowest BCUT2D eigenvalue weighted by atomic mass is 10.1. The van der Waals surface area contributed by atoms with Crippen LogP contribution in [-0.4, -0.2) is 51.8 Å². The third-order valence-corrected chi connectivity index (χ3v) is 5.18. The summed E-state index contributed by atoms with van der Waals surface area (Å²) >= 11 is 0. The van der Waals surface area contributed by atoms with E-state index >= 15 is 0 Å². The van der Waals surface area contributed by atoms with Gasteiger partial charge in [0.25, 0.3) is 0 Å². The summed E-state index contributed by atoms with van der Waals surface area (Å²) in [6, 6.07) is 5.43. The summed E-state index contributed by atoms with van der Waals surface area (Å²) < 4.78 is 37.1. The zero-order chi connectivity index (χ0) is 22.9. The van der Waals surface area contributed by atoms with Crippen LogP contribution in [-0.2, 0) is 17.9 Å². The van der Waals surface area contributed by atoms with Crippen LogP contribution in [0.5, 0.6) is 0 Å². The molecule has 0 spiro atoms. The van der Waals surface area contributed by atoms with Gasteiger partial charge in [0, 0.05) is 42.0 Å². The molecule has 3 heterocycles. The second-order valence-corrected chi connectivity index (χ2v) is 7.33. The van der Waals surface area contributed by atoms with Crippen molar-refractivity contribution in [3.63, 3.8) is 0 Å². The molecule has 1 atom stereocenters. The molecule has 1 aromatic heterocycles. The van der Waals surface area contributed by atoms with Crippen LogP contribution in [0, 0.1) is 5.82 Å². The van der Waals surface area contributed by atoms with Gasteiger partial charge in [-0.05, 0) is 49.2 Å².